The lowest BCUT2D eigenvalue weighted by molar-refractivity contribution is -0.147. The van der Waals surface area contributed by atoms with Crippen LogP contribution >= 0.6 is 0 Å². The van der Waals surface area contributed by atoms with E-state index in [1.54, 1.807) is 49.9 Å². The lowest BCUT2D eigenvalue weighted by atomic mass is 9.87. The van der Waals surface area contributed by atoms with E-state index < -0.39 is 23.8 Å². The van der Waals surface area contributed by atoms with Crippen LogP contribution in [0.15, 0.2) is 48.5 Å². The van der Waals surface area contributed by atoms with E-state index in [1.807, 2.05) is 31.2 Å². The molecule has 2 aromatic rings. The molecule has 1 aliphatic carbocycles. The number of aromatic hydroxyl groups is 1. The van der Waals surface area contributed by atoms with Crippen molar-refractivity contribution in [3.05, 3.63) is 65.2 Å². The molecule has 0 aromatic heterocycles. The van der Waals surface area contributed by atoms with Crippen LogP contribution in [0.2, 0.25) is 0 Å². The van der Waals surface area contributed by atoms with E-state index in [2.05, 4.69) is 17.6 Å². The molecule has 0 heterocycles. The largest absolute Gasteiger partial charge is 0.508 e. The maximum atomic E-state index is 14.4. The van der Waals surface area contributed by atoms with Crippen LogP contribution in [0, 0.1) is 6.92 Å². The Morgan fingerprint density at radius 2 is 1.74 bits per heavy atom. The molecule has 2 atom stereocenters. The summed E-state index contributed by atoms with van der Waals surface area (Å²) >= 11 is 0. The van der Waals surface area contributed by atoms with Crippen molar-refractivity contribution in [2.75, 3.05) is 6.54 Å². The highest BCUT2D eigenvalue weighted by Gasteiger charge is 2.42. The second kappa shape index (κ2) is 13.5. The maximum absolute atomic E-state index is 14.4. The standard InChI is InChI=1S/C31H43N3O5/c1-6-7-19-32-28(36)27(25-14-9-8-11-21(25)2)34(23-12-10-13-23)29(37)26(33-30(38)39-31(3,4)5)20-22-15-17-24(35)18-16-22/h8-9,11,14-18,23,26-27,35H,6-7,10,12-13,19-20H2,1-5H3,(H,32,36)(H,33,38). The summed E-state index contributed by atoms with van der Waals surface area (Å²) in [5, 5.41) is 15.6. The minimum Gasteiger partial charge on any atom is -0.508 e. The van der Waals surface area contributed by atoms with Crippen LogP contribution < -0.4 is 10.6 Å². The van der Waals surface area contributed by atoms with Crippen molar-refractivity contribution in [1.29, 1.82) is 0 Å². The summed E-state index contributed by atoms with van der Waals surface area (Å²) in [4.78, 5) is 42.7. The molecule has 3 amide bonds. The van der Waals surface area contributed by atoms with E-state index in [-0.39, 0.29) is 30.0 Å². The summed E-state index contributed by atoms with van der Waals surface area (Å²) in [6, 6.07) is 12.2. The Hall–Kier alpha value is -3.55. The number of amides is 3. The van der Waals surface area contributed by atoms with Crippen LogP contribution in [0.5, 0.6) is 5.75 Å². The smallest absolute Gasteiger partial charge is 0.408 e. The molecule has 0 spiro atoms. The Morgan fingerprint density at radius 3 is 2.31 bits per heavy atom. The van der Waals surface area contributed by atoms with Crippen molar-refractivity contribution < 1.29 is 24.2 Å². The number of benzene rings is 2. The second-order valence-electron chi connectivity index (χ2n) is 11.3. The van der Waals surface area contributed by atoms with Crippen molar-refractivity contribution in [1.82, 2.24) is 15.5 Å². The van der Waals surface area contributed by atoms with Gasteiger partial charge in [0.05, 0.1) is 0 Å². The third kappa shape index (κ3) is 8.47. The van der Waals surface area contributed by atoms with Gasteiger partial charge in [0.2, 0.25) is 11.8 Å². The first-order valence-corrected chi connectivity index (χ1v) is 13.9. The number of hydrogen-bond acceptors (Lipinski definition) is 5. The summed E-state index contributed by atoms with van der Waals surface area (Å²) in [6.45, 7) is 9.82. The van der Waals surface area contributed by atoms with Gasteiger partial charge in [0.1, 0.15) is 23.4 Å². The minimum atomic E-state index is -0.972. The highest BCUT2D eigenvalue weighted by Crippen LogP contribution is 2.35. The maximum Gasteiger partial charge on any atom is 0.408 e. The van der Waals surface area contributed by atoms with Gasteiger partial charge < -0.3 is 25.4 Å². The topological polar surface area (TPSA) is 108 Å². The van der Waals surface area contributed by atoms with Crippen molar-refractivity contribution >= 4 is 17.9 Å². The number of rotatable bonds is 11. The van der Waals surface area contributed by atoms with Crippen molar-refractivity contribution in [2.45, 2.75) is 96.9 Å². The molecule has 1 aliphatic rings. The fraction of sp³-hybridized carbons (Fsp3) is 0.516. The van der Waals surface area contributed by atoms with Crippen molar-refractivity contribution in [3.63, 3.8) is 0 Å². The highest BCUT2D eigenvalue weighted by molar-refractivity contribution is 5.92. The molecule has 8 nitrogen and oxygen atoms in total. The number of unbranched alkanes of at least 4 members (excludes halogenated alkanes) is 1. The number of nitrogens with zero attached hydrogens (tertiary/aromatic N) is 1. The molecule has 3 rings (SSSR count). The van der Waals surface area contributed by atoms with E-state index in [0.717, 1.165) is 48.8 Å². The molecule has 2 unspecified atom stereocenters. The number of hydrogen-bond donors (Lipinski definition) is 3. The fourth-order valence-electron chi connectivity index (χ4n) is 4.68. The Kier molecular flexibility index (Phi) is 10.4. The normalized spacial score (nSPS) is 15.0. The van der Waals surface area contributed by atoms with Crippen LogP contribution in [0.4, 0.5) is 4.79 Å². The predicted octanol–water partition coefficient (Wildman–Crippen LogP) is 5.18. The van der Waals surface area contributed by atoms with Crippen LogP contribution in [-0.4, -0.2) is 52.1 Å². The van der Waals surface area contributed by atoms with Crippen LogP contribution in [0.3, 0.4) is 0 Å². The summed E-state index contributed by atoms with van der Waals surface area (Å²) < 4.78 is 5.49. The number of alkyl carbamates (subject to hydrolysis) is 1. The zero-order valence-electron chi connectivity index (χ0n) is 23.8. The molecule has 39 heavy (non-hydrogen) atoms. The fourth-order valence-corrected chi connectivity index (χ4v) is 4.68. The SMILES string of the molecule is CCCCNC(=O)C(c1ccccc1C)N(C(=O)C(Cc1ccc(O)cc1)NC(=O)OC(C)(C)C)C1CCC1. The molecule has 1 fully saturated rings. The first kappa shape index (κ1) is 30.0. The Balaban J connectivity index is 2.02. The second-order valence-corrected chi connectivity index (χ2v) is 11.3. The molecular formula is C31H43N3O5. The number of phenols is 1. The average molecular weight is 538 g/mol. The van der Waals surface area contributed by atoms with Gasteiger partial charge >= 0.3 is 6.09 Å². The van der Waals surface area contributed by atoms with E-state index in [0.29, 0.717) is 6.54 Å². The monoisotopic (exact) mass is 537 g/mol. The van der Waals surface area contributed by atoms with Gasteiger partial charge in [-0.25, -0.2) is 4.79 Å². The molecule has 0 radical (unpaired) electrons. The highest BCUT2D eigenvalue weighted by atomic mass is 16.6. The van der Waals surface area contributed by atoms with Crippen LogP contribution in [-0.2, 0) is 20.7 Å². The van der Waals surface area contributed by atoms with Gasteiger partial charge in [-0.05, 0) is 82.2 Å². The van der Waals surface area contributed by atoms with Gasteiger partial charge in [-0.3, -0.25) is 9.59 Å². The first-order chi connectivity index (χ1) is 18.5. The first-order valence-electron chi connectivity index (χ1n) is 13.9. The number of phenolic OH excluding ortho intramolecular Hbond substituents is 1. The zero-order valence-corrected chi connectivity index (χ0v) is 23.8. The molecule has 8 heteroatoms. The molecule has 212 valence electrons. The quantitative estimate of drug-likeness (QED) is 0.343. The third-order valence-electron chi connectivity index (χ3n) is 6.93. The van der Waals surface area contributed by atoms with Crippen LogP contribution in [0.25, 0.3) is 0 Å². The predicted molar refractivity (Wildman–Crippen MR) is 151 cm³/mol. The van der Waals surface area contributed by atoms with Gasteiger partial charge in [-0.15, -0.1) is 0 Å². The minimum absolute atomic E-state index is 0.112. The van der Waals surface area contributed by atoms with E-state index in [9.17, 15) is 19.5 Å². The number of ether oxygens (including phenoxy) is 1. The summed E-state index contributed by atoms with van der Waals surface area (Å²) in [5.74, 6) is -0.447. The molecule has 1 saturated carbocycles. The molecule has 2 aromatic carbocycles. The van der Waals surface area contributed by atoms with Crippen molar-refractivity contribution in [3.8, 4) is 5.75 Å². The Bertz CT molecular complexity index is 1120. The van der Waals surface area contributed by atoms with Gasteiger partial charge in [0.15, 0.2) is 0 Å². The lowest BCUT2D eigenvalue weighted by Crippen LogP contribution is -2.58. The number of carbonyl (C=O) groups is 3. The Labute approximate surface area is 232 Å². The molecule has 0 bridgehead atoms. The molecule has 0 aliphatic heterocycles. The molecule has 0 saturated heterocycles. The van der Waals surface area contributed by atoms with Gasteiger partial charge in [0.25, 0.3) is 0 Å². The van der Waals surface area contributed by atoms with Gasteiger partial charge in [-0.1, -0.05) is 49.7 Å². The number of carbonyl (C=O) groups excluding carboxylic acids is 3. The zero-order chi connectivity index (χ0) is 28.6. The van der Waals surface area contributed by atoms with E-state index in [4.69, 9.17) is 4.74 Å². The number of nitrogens with one attached hydrogen (secondary N) is 2. The van der Waals surface area contributed by atoms with Gasteiger partial charge in [0, 0.05) is 19.0 Å². The lowest BCUT2D eigenvalue weighted by Gasteiger charge is -2.44. The summed E-state index contributed by atoms with van der Waals surface area (Å²) in [7, 11) is 0. The summed E-state index contributed by atoms with van der Waals surface area (Å²) in [5.41, 5.74) is 1.70. The van der Waals surface area contributed by atoms with Gasteiger partial charge in [-0.2, -0.15) is 0 Å². The molecular weight excluding hydrogens is 494 g/mol. The molecule has 3 N–H and O–H groups in total. The van der Waals surface area contributed by atoms with Crippen molar-refractivity contribution in [2.24, 2.45) is 0 Å². The Morgan fingerprint density at radius 1 is 1.08 bits per heavy atom. The van der Waals surface area contributed by atoms with E-state index in [1.165, 1.54) is 0 Å². The average Bonchev–Trinajstić information content (AvgIpc) is 2.83. The summed E-state index contributed by atoms with van der Waals surface area (Å²) in [6.07, 6.45) is 3.80. The third-order valence-corrected chi connectivity index (χ3v) is 6.93. The number of aryl methyl sites for hydroxylation is 1. The van der Waals surface area contributed by atoms with E-state index >= 15 is 0 Å². The van der Waals surface area contributed by atoms with Crippen LogP contribution in [0.1, 0.15) is 82.5 Å².